The summed E-state index contributed by atoms with van der Waals surface area (Å²) in [5.74, 6) is 4.77. The van der Waals surface area contributed by atoms with E-state index >= 15 is 0 Å². The van der Waals surface area contributed by atoms with E-state index in [1.165, 1.54) is 6.92 Å². The molecule has 1 fully saturated rings. The maximum Gasteiger partial charge on any atom is 0.339 e. The zero-order chi connectivity index (χ0) is 25.1. The van der Waals surface area contributed by atoms with Gasteiger partial charge in [-0.25, -0.2) is 4.79 Å². The summed E-state index contributed by atoms with van der Waals surface area (Å²) in [6.45, 7) is 10.3. The Labute approximate surface area is 202 Å². The molecule has 1 heterocycles. The van der Waals surface area contributed by atoms with Gasteiger partial charge in [0.05, 0.1) is 12.0 Å². The number of ether oxygens (including phenoxy) is 2. The largest absolute Gasteiger partial charge is 0.458 e. The van der Waals surface area contributed by atoms with Crippen molar-refractivity contribution in [1.29, 1.82) is 0 Å². The minimum atomic E-state index is -1.27. The van der Waals surface area contributed by atoms with E-state index < -0.39 is 34.8 Å². The summed E-state index contributed by atoms with van der Waals surface area (Å²) < 4.78 is 12.3. The molecule has 0 aliphatic carbocycles. The van der Waals surface area contributed by atoms with Crippen LogP contribution in [0.4, 0.5) is 0 Å². The van der Waals surface area contributed by atoms with E-state index in [0.717, 1.165) is 16.7 Å². The summed E-state index contributed by atoms with van der Waals surface area (Å²) in [4.78, 5) is 26.1. The van der Waals surface area contributed by atoms with E-state index in [0.29, 0.717) is 6.42 Å². The average molecular weight is 463 g/mol. The lowest BCUT2D eigenvalue weighted by atomic mass is 9.83. The third-order valence-electron chi connectivity index (χ3n) is 5.65. The lowest BCUT2D eigenvalue weighted by Gasteiger charge is -2.31. The minimum Gasteiger partial charge on any atom is -0.458 e. The Balaban J connectivity index is 1.97. The van der Waals surface area contributed by atoms with E-state index in [9.17, 15) is 14.7 Å². The smallest absolute Gasteiger partial charge is 0.339 e. The summed E-state index contributed by atoms with van der Waals surface area (Å²) >= 11 is 0. The number of benzene rings is 2. The van der Waals surface area contributed by atoms with E-state index in [1.807, 2.05) is 75.4 Å². The normalized spacial score (nSPS) is 22.6. The Kier molecular flexibility index (Phi) is 7.35. The Morgan fingerprint density at radius 1 is 1.06 bits per heavy atom. The Bertz CT molecular complexity index is 1080. The maximum atomic E-state index is 13.5. The predicted molar refractivity (Wildman–Crippen MR) is 131 cm³/mol. The molecular formula is C29H34O5. The molecule has 1 N–H and O–H groups in total. The molecule has 0 spiro atoms. The minimum absolute atomic E-state index is 0.0330. The van der Waals surface area contributed by atoms with Crippen LogP contribution in [0.1, 0.15) is 70.8 Å². The molecule has 2 aromatic rings. The quantitative estimate of drug-likeness (QED) is 0.511. The summed E-state index contributed by atoms with van der Waals surface area (Å²) in [5.41, 5.74) is -0.562. The van der Waals surface area contributed by atoms with E-state index in [1.54, 1.807) is 13.8 Å². The van der Waals surface area contributed by atoms with Gasteiger partial charge in [-0.3, -0.25) is 4.79 Å². The average Bonchev–Trinajstić information content (AvgIpc) is 3.13. The maximum absolute atomic E-state index is 13.5. The van der Waals surface area contributed by atoms with Gasteiger partial charge in [-0.2, -0.15) is 0 Å². The number of Topliss-reactive ketones (excluding diaryl/α,β-unsaturated/α-hetero) is 1. The number of hydrogen-bond donors (Lipinski definition) is 1. The number of hydrogen-bond acceptors (Lipinski definition) is 5. The molecule has 3 atom stereocenters. The predicted octanol–water partition coefficient (Wildman–Crippen LogP) is 4.80. The van der Waals surface area contributed by atoms with Crippen LogP contribution >= 0.6 is 0 Å². The number of aliphatic hydroxyl groups is 1. The number of carbonyl (C=O) groups is 2. The first-order chi connectivity index (χ1) is 15.8. The molecule has 2 aromatic carbocycles. The van der Waals surface area contributed by atoms with Crippen LogP contribution in [0.25, 0.3) is 0 Å². The van der Waals surface area contributed by atoms with Gasteiger partial charge in [0.2, 0.25) is 0 Å². The molecule has 0 amide bonds. The third-order valence-corrected chi connectivity index (χ3v) is 5.65. The van der Waals surface area contributed by atoms with Gasteiger partial charge in [-0.1, -0.05) is 54.3 Å². The van der Waals surface area contributed by atoms with Crippen LogP contribution in [0.2, 0.25) is 0 Å². The Morgan fingerprint density at radius 2 is 1.68 bits per heavy atom. The van der Waals surface area contributed by atoms with Gasteiger partial charge in [0.15, 0.2) is 5.60 Å². The van der Waals surface area contributed by atoms with E-state index in [-0.39, 0.29) is 12.2 Å². The Morgan fingerprint density at radius 3 is 2.21 bits per heavy atom. The standard InChI is InChI=1S/C29H34O5/c1-20(30)24-19-29(26(31)34-27(2,3)4,18-22-10-8-7-9-11-22)33-25(24)23-14-12-21(13-15-23)16-17-28(5,6)32/h7-15,24-25,32H,18-19H2,1-6H3/t24-,25+,29+/m0/s1. The molecule has 5 nitrogen and oxygen atoms in total. The molecule has 5 heteroatoms. The molecule has 0 bridgehead atoms. The number of ketones is 1. The van der Waals surface area contributed by atoms with E-state index in [4.69, 9.17) is 9.47 Å². The summed E-state index contributed by atoms with van der Waals surface area (Å²) in [6.07, 6.45) is -0.0140. The van der Waals surface area contributed by atoms with Crippen molar-refractivity contribution in [2.24, 2.45) is 5.92 Å². The molecule has 1 aliphatic rings. The molecule has 1 aliphatic heterocycles. The zero-order valence-electron chi connectivity index (χ0n) is 20.8. The van der Waals surface area contributed by atoms with Crippen LogP contribution in [0, 0.1) is 17.8 Å². The molecule has 180 valence electrons. The summed E-state index contributed by atoms with van der Waals surface area (Å²) in [7, 11) is 0. The molecule has 34 heavy (non-hydrogen) atoms. The zero-order valence-corrected chi connectivity index (χ0v) is 20.8. The first-order valence-electron chi connectivity index (χ1n) is 11.6. The van der Waals surface area contributed by atoms with Gasteiger partial charge in [-0.05, 0) is 64.8 Å². The van der Waals surface area contributed by atoms with Crippen molar-refractivity contribution in [2.75, 3.05) is 0 Å². The monoisotopic (exact) mass is 462 g/mol. The van der Waals surface area contributed by atoms with Gasteiger partial charge >= 0.3 is 5.97 Å². The summed E-state index contributed by atoms with van der Waals surface area (Å²) in [6, 6.07) is 17.0. The van der Waals surface area contributed by atoms with Gasteiger partial charge in [-0.15, -0.1) is 0 Å². The molecule has 0 unspecified atom stereocenters. The van der Waals surface area contributed by atoms with Gasteiger partial charge in [0.25, 0.3) is 0 Å². The lowest BCUT2D eigenvalue weighted by molar-refractivity contribution is -0.182. The lowest BCUT2D eigenvalue weighted by Crippen LogP contribution is -2.45. The van der Waals surface area contributed by atoms with Crippen LogP contribution in [0.3, 0.4) is 0 Å². The van der Waals surface area contributed by atoms with E-state index in [2.05, 4.69) is 11.8 Å². The van der Waals surface area contributed by atoms with Crippen LogP contribution in [0.15, 0.2) is 54.6 Å². The van der Waals surface area contributed by atoms with Gasteiger partial charge in [0, 0.05) is 18.4 Å². The SMILES string of the molecule is CC(=O)[C@@H]1C[C@](Cc2ccccc2)(C(=O)OC(C)(C)C)O[C@@H]1c1ccc(C#CC(C)(C)O)cc1. The highest BCUT2D eigenvalue weighted by atomic mass is 16.6. The molecule has 0 aromatic heterocycles. The number of rotatable bonds is 5. The second-order valence-electron chi connectivity index (χ2n) is 10.5. The third kappa shape index (κ3) is 6.56. The van der Waals surface area contributed by atoms with Gasteiger partial charge in [0.1, 0.15) is 17.0 Å². The van der Waals surface area contributed by atoms with Crippen molar-refractivity contribution >= 4 is 11.8 Å². The fourth-order valence-corrected chi connectivity index (χ4v) is 4.09. The molecule has 0 radical (unpaired) electrons. The van der Waals surface area contributed by atoms with Crippen LogP contribution < -0.4 is 0 Å². The van der Waals surface area contributed by atoms with Crippen LogP contribution in [0.5, 0.6) is 0 Å². The van der Waals surface area contributed by atoms with Crippen LogP contribution in [-0.4, -0.2) is 33.7 Å². The van der Waals surface area contributed by atoms with Crippen LogP contribution in [-0.2, 0) is 25.5 Å². The number of carbonyl (C=O) groups excluding carboxylic acids is 2. The van der Waals surface area contributed by atoms with Crippen molar-refractivity contribution in [3.05, 3.63) is 71.3 Å². The molecule has 0 saturated carbocycles. The topological polar surface area (TPSA) is 72.8 Å². The second kappa shape index (κ2) is 9.74. The highest BCUT2D eigenvalue weighted by Gasteiger charge is 2.55. The van der Waals surface area contributed by atoms with Crippen molar-refractivity contribution < 1.29 is 24.2 Å². The summed E-state index contributed by atoms with van der Waals surface area (Å²) in [5, 5.41) is 9.84. The molecular weight excluding hydrogens is 428 g/mol. The molecule has 1 saturated heterocycles. The highest BCUT2D eigenvalue weighted by molar-refractivity contribution is 5.85. The fraction of sp³-hybridized carbons (Fsp3) is 0.448. The van der Waals surface area contributed by atoms with Crippen molar-refractivity contribution in [1.82, 2.24) is 0 Å². The van der Waals surface area contributed by atoms with Crippen molar-refractivity contribution in [3.8, 4) is 11.8 Å². The first-order valence-corrected chi connectivity index (χ1v) is 11.6. The second-order valence-corrected chi connectivity index (χ2v) is 10.5. The fourth-order valence-electron chi connectivity index (χ4n) is 4.09. The highest BCUT2D eigenvalue weighted by Crippen LogP contribution is 2.47. The van der Waals surface area contributed by atoms with Crippen molar-refractivity contribution in [3.63, 3.8) is 0 Å². The first kappa shape index (κ1) is 25.7. The number of esters is 1. The molecule has 3 rings (SSSR count). The Hall–Kier alpha value is -2.94. The van der Waals surface area contributed by atoms with Gasteiger partial charge < -0.3 is 14.6 Å². The van der Waals surface area contributed by atoms with Crippen molar-refractivity contribution in [2.45, 2.75) is 77.3 Å².